The molecular formula is C18H26N2O3. The Morgan fingerprint density at radius 2 is 2.04 bits per heavy atom. The molecular weight excluding hydrogens is 292 g/mol. The summed E-state index contributed by atoms with van der Waals surface area (Å²) in [4.78, 5) is 14.8. The van der Waals surface area contributed by atoms with Gasteiger partial charge in [0.1, 0.15) is 0 Å². The fourth-order valence-electron chi connectivity index (χ4n) is 3.35. The summed E-state index contributed by atoms with van der Waals surface area (Å²) >= 11 is 0. The molecule has 23 heavy (non-hydrogen) atoms. The molecule has 0 aliphatic carbocycles. The number of morpholine rings is 1. The minimum absolute atomic E-state index is 0.0123. The summed E-state index contributed by atoms with van der Waals surface area (Å²) in [6.07, 6.45) is 1.89. The van der Waals surface area contributed by atoms with E-state index in [0.29, 0.717) is 6.54 Å². The average Bonchev–Trinajstić information content (AvgIpc) is 2.61. The van der Waals surface area contributed by atoms with Crippen LogP contribution in [-0.2, 0) is 20.8 Å². The van der Waals surface area contributed by atoms with Crippen LogP contribution in [0.1, 0.15) is 25.3 Å². The van der Waals surface area contributed by atoms with Gasteiger partial charge in [-0.05, 0) is 31.4 Å². The van der Waals surface area contributed by atoms with Crippen molar-refractivity contribution in [3.05, 3.63) is 29.8 Å². The molecule has 0 radical (unpaired) electrons. The topological polar surface area (TPSA) is 50.8 Å². The van der Waals surface area contributed by atoms with E-state index >= 15 is 0 Å². The number of amides is 1. The van der Waals surface area contributed by atoms with E-state index in [4.69, 9.17) is 9.47 Å². The first-order chi connectivity index (χ1) is 11.3. The molecule has 2 fully saturated rings. The maximum atomic E-state index is 12.4. The summed E-state index contributed by atoms with van der Waals surface area (Å²) in [5.41, 5.74) is 2.36. The quantitative estimate of drug-likeness (QED) is 0.922. The van der Waals surface area contributed by atoms with E-state index < -0.39 is 0 Å². The van der Waals surface area contributed by atoms with Gasteiger partial charge in [0, 0.05) is 31.9 Å². The van der Waals surface area contributed by atoms with Gasteiger partial charge in [0.05, 0.1) is 25.2 Å². The number of nitrogens with one attached hydrogen (secondary N) is 1. The van der Waals surface area contributed by atoms with Gasteiger partial charge in [0.15, 0.2) is 0 Å². The number of hydrogen-bond donors (Lipinski definition) is 1. The fourth-order valence-corrected chi connectivity index (χ4v) is 3.35. The van der Waals surface area contributed by atoms with Crippen LogP contribution in [-0.4, -0.2) is 44.9 Å². The van der Waals surface area contributed by atoms with Crippen LogP contribution in [0, 0.1) is 5.92 Å². The highest BCUT2D eigenvalue weighted by Gasteiger charge is 2.28. The molecule has 3 rings (SSSR count). The first-order valence-electron chi connectivity index (χ1n) is 8.55. The largest absolute Gasteiger partial charge is 0.378 e. The van der Waals surface area contributed by atoms with Crippen molar-refractivity contribution in [2.45, 2.75) is 32.4 Å². The van der Waals surface area contributed by atoms with E-state index in [2.05, 4.69) is 22.3 Å². The highest BCUT2D eigenvalue weighted by Crippen LogP contribution is 2.23. The Labute approximate surface area is 137 Å². The van der Waals surface area contributed by atoms with E-state index in [0.717, 1.165) is 51.3 Å². The molecule has 0 bridgehead atoms. The van der Waals surface area contributed by atoms with Crippen LogP contribution < -0.4 is 10.2 Å². The second-order valence-corrected chi connectivity index (χ2v) is 6.27. The first kappa shape index (κ1) is 16.3. The van der Waals surface area contributed by atoms with Gasteiger partial charge in [-0.3, -0.25) is 4.79 Å². The van der Waals surface area contributed by atoms with Crippen molar-refractivity contribution in [2.24, 2.45) is 5.92 Å². The molecule has 1 amide bonds. The molecule has 2 unspecified atom stereocenters. The summed E-state index contributed by atoms with van der Waals surface area (Å²) in [5, 5.41) is 3.10. The van der Waals surface area contributed by atoms with Gasteiger partial charge in [-0.1, -0.05) is 18.2 Å². The van der Waals surface area contributed by atoms with E-state index in [1.165, 1.54) is 5.69 Å². The lowest BCUT2D eigenvalue weighted by Gasteiger charge is -2.31. The SMILES string of the molecule is CC1OCCCC1C(=O)NCc1ccccc1N1CCOCC1. The van der Waals surface area contributed by atoms with Crippen molar-refractivity contribution in [2.75, 3.05) is 37.8 Å². The lowest BCUT2D eigenvalue weighted by Crippen LogP contribution is -2.40. The minimum atomic E-state index is -0.0284. The first-order valence-corrected chi connectivity index (χ1v) is 8.55. The number of nitrogens with zero attached hydrogens (tertiary/aromatic N) is 1. The number of benzene rings is 1. The number of para-hydroxylation sites is 1. The van der Waals surface area contributed by atoms with Gasteiger partial charge in [-0.2, -0.15) is 0 Å². The predicted octanol–water partition coefficient (Wildman–Crippen LogP) is 1.95. The molecule has 5 nitrogen and oxygen atoms in total. The smallest absolute Gasteiger partial charge is 0.225 e. The molecule has 2 atom stereocenters. The summed E-state index contributed by atoms with van der Waals surface area (Å²) in [6, 6.07) is 8.29. The Morgan fingerprint density at radius 1 is 1.26 bits per heavy atom. The van der Waals surface area contributed by atoms with Crippen molar-refractivity contribution >= 4 is 11.6 Å². The van der Waals surface area contributed by atoms with Crippen molar-refractivity contribution in [3.8, 4) is 0 Å². The number of rotatable bonds is 4. The lowest BCUT2D eigenvalue weighted by molar-refractivity contribution is -0.133. The molecule has 2 heterocycles. The number of anilines is 1. The normalized spacial score (nSPS) is 25.2. The highest BCUT2D eigenvalue weighted by atomic mass is 16.5. The third kappa shape index (κ3) is 4.03. The zero-order valence-electron chi connectivity index (χ0n) is 13.8. The molecule has 2 aliphatic rings. The Morgan fingerprint density at radius 3 is 2.83 bits per heavy atom. The van der Waals surface area contributed by atoms with E-state index in [1.54, 1.807) is 0 Å². The van der Waals surface area contributed by atoms with Gasteiger partial charge in [0.25, 0.3) is 0 Å². The van der Waals surface area contributed by atoms with Crippen LogP contribution in [0.2, 0.25) is 0 Å². The van der Waals surface area contributed by atoms with Crippen LogP contribution in [0.15, 0.2) is 24.3 Å². The van der Waals surface area contributed by atoms with Crippen molar-refractivity contribution in [3.63, 3.8) is 0 Å². The maximum absolute atomic E-state index is 12.4. The number of carbonyl (C=O) groups is 1. The molecule has 1 aromatic rings. The Kier molecular flexibility index (Phi) is 5.51. The third-order valence-electron chi connectivity index (χ3n) is 4.74. The second kappa shape index (κ2) is 7.79. The number of ether oxygens (including phenoxy) is 2. The molecule has 0 spiro atoms. The molecule has 126 valence electrons. The van der Waals surface area contributed by atoms with Gasteiger partial charge < -0.3 is 19.7 Å². The summed E-state index contributed by atoms with van der Waals surface area (Å²) < 4.78 is 11.0. The molecule has 5 heteroatoms. The second-order valence-electron chi connectivity index (χ2n) is 6.27. The molecule has 1 aromatic carbocycles. The fraction of sp³-hybridized carbons (Fsp3) is 0.611. The monoisotopic (exact) mass is 318 g/mol. The molecule has 0 saturated carbocycles. The van der Waals surface area contributed by atoms with Gasteiger partial charge in [-0.15, -0.1) is 0 Å². The van der Waals surface area contributed by atoms with Crippen LogP contribution in [0.25, 0.3) is 0 Å². The molecule has 1 N–H and O–H groups in total. The van der Waals surface area contributed by atoms with E-state index in [9.17, 15) is 4.79 Å². The maximum Gasteiger partial charge on any atom is 0.225 e. The van der Waals surface area contributed by atoms with Crippen LogP contribution in [0.3, 0.4) is 0 Å². The van der Waals surface area contributed by atoms with E-state index in [1.807, 2.05) is 19.1 Å². The van der Waals surface area contributed by atoms with E-state index in [-0.39, 0.29) is 17.9 Å². The minimum Gasteiger partial charge on any atom is -0.378 e. The predicted molar refractivity (Wildman–Crippen MR) is 89.5 cm³/mol. The average molecular weight is 318 g/mol. The lowest BCUT2D eigenvalue weighted by atomic mass is 9.94. The van der Waals surface area contributed by atoms with Crippen LogP contribution >= 0.6 is 0 Å². The summed E-state index contributed by atoms with van der Waals surface area (Å²) in [7, 11) is 0. The number of hydrogen-bond acceptors (Lipinski definition) is 4. The van der Waals surface area contributed by atoms with Gasteiger partial charge in [-0.25, -0.2) is 0 Å². The highest BCUT2D eigenvalue weighted by molar-refractivity contribution is 5.79. The summed E-state index contributed by atoms with van der Waals surface area (Å²) in [6.45, 7) is 6.65. The molecule has 0 aromatic heterocycles. The van der Waals surface area contributed by atoms with Crippen LogP contribution in [0.5, 0.6) is 0 Å². The Balaban J connectivity index is 1.62. The van der Waals surface area contributed by atoms with Crippen LogP contribution in [0.4, 0.5) is 5.69 Å². The molecule has 2 aliphatic heterocycles. The molecule has 2 saturated heterocycles. The van der Waals surface area contributed by atoms with Gasteiger partial charge >= 0.3 is 0 Å². The zero-order chi connectivity index (χ0) is 16.1. The van der Waals surface area contributed by atoms with Gasteiger partial charge in [0.2, 0.25) is 5.91 Å². The zero-order valence-corrected chi connectivity index (χ0v) is 13.8. The Bertz CT molecular complexity index is 529. The van der Waals surface area contributed by atoms with Crippen molar-refractivity contribution < 1.29 is 14.3 Å². The Hall–Kier alpha value is -1.59. The van der Waals surface area contributed by atoms with Crippen molar-refractivity contribution in [1.82, 2.24) is 5.32 Å². The summed E-state index contributed by atoms with van der Waals surface area (Å²) in [5.74, 6) is 0.0771. The third-order valence-corrected chi connectivity index (χ3v) is 4.74. The number of carbonyl (C=O) groups excluding carboxylic acids is 1. The van der Waals surface area contributed by atoms with Crippen molar-refractivity contribution in [1.29, 1.82) is 0 Å². The standard InChI is InChI=1S/C18H26N2O3/c1-14-16(6-4-10-23-14)18(21)19-13-15-5-2-3-7-17(15)20-8-11-22-12-9-20/h2-3,5,7,14,16H,4,6,8-13H2,1H3,(H,19,21).